The van der Waals surface area contributed by atoms with E-state index in [9.17, 15) is 4.79 Å². The van der Waals surface area contributed by atoms with E-state index >= 15 is 0 Å². The molecule has 1 heterocycles. The van der Waals surface area contributed by atoms with Gasteiger partial charge in [0, 0.05) is 16.8 Å². The van der Waals surface area contributed by atoms with Gasteiger partial charge < -0.3 is 10.2 Å². The van der Waals surface area contributed by atoms with Gasteiger partial charge in [-0.1, -0.05) is 11.6 Å². The largest absolute Gasteiger partial charge is 0.325 e. The molecule has 4 nitrogen and oxygen atoms in total. The molecular weight excluding hydrogens is 310 g/mol. The summed E-state index contributed by atoms with van der Waals surface area (Å²) in [6, 6.07) is 6.15. The fraction of sp³-hybridized carbons (Fsp3) is 0.611. The summed E-state index contributed by atoms with van der Waals surface area (Å²) in [7, 11) is 2.00. The monoisotopic (exact) mass is 337 g/mol. The summed E-state index contributed by atoms with van der Waals surface area (Å²) in [5.41, 5.74) is 1.77. The molecule has 1 atom stereocenters. The first-order valence-corrected chi connectivity index (χ1v) is 8.82. The fourth-order valence-corrected chi connectivity index (χ4v) is 3.14. The number of nitrogens with one attached hydrogen (secondary N) is 1. The molecule has 1 saturated heterocycles. The highest BCUT2D eigenvalue weighted by Crippen LogP contribution is 2.19. The van der Waals surface area contributed by atoms with Crippen molar-refractivity contribution in [3.8, 4) is 0 Å². The standard InChI is InChI=1S/C18H28ClN3O/c1-14-12-16(6-7-17(14)19)20-18(23)13-21(3)11-8-15(2)22-9-4-5-10-22/h6-7,12,15H,4-5,8-11,13H2,1-3H3,(H,20,23). The van der Waals surface area contributed by atoms with Gasteiger partial charge in [0.1, 0.15) is 0 Å². The van der Waals surface area contributed by atoms with Crippen LogP contribution >= 0.6 is 11.6 Å². The number of nitrogens with zero attached hydrogens (tertiary/aromatic N) is 2. The van der Waals surface area contributed by atoms with Gasteiger partial charge in [-0.05, 0) is 83.6 Å². The van der Waals surface area contributed by atoms with Crippen molar-refractivity contribution in [1.29, 1.82) is 0 Å². The van der Waals surface area contributed by atoms with E-state index in [4.69, 9.17) is 11.6 Å². The molecule has 1 aliphatic rings. The molecule has 1 aliphatic heterocycles. The minimum absolute atomic E-state index is 0.0167. The Morgan fingerprint density at radius 3 is 2.74 bits per heavy atom. The number of amides is 1. The minimum Gasteiger partial charge on any atom is -0.325 e. The van der Waals surface area contributed by atoms with Gasteiger partial charge in [-0.15, -0.1) is 0 Å². The second-order valence-electron chi connectivity index (χ2n) is 6.63. The van der Waals surface area contributed by atoms with Crippen molar-refractivity contribution >= 4 is 23.2 Å². The third kappa shape index (κ3) is 5.79. The first-order valence-electron chi connectivity index (χ1n) is 8.44. The zero-order valence-electron chi connectivity index (χ0n) is 14.4. The molecule has 2 rings (SSSR count). The number of halogens is 1. The number of likely N-dealkylation sites (N-methyl/N-ethyl adjacent to an activating group) is 1. The summed E-state index contributed by atoms with van der Waals surface area (Å²) in [5, 5.41) is 3.65. The first-order chi connectivity index (χ1) is 11.0. The summed E-state index contributed by atoms with van der Waals surface area (Å²) in [6.45, 7) is 8.02. The molecule has 0 bridgehead atoms. The van der Waals surface area contributed by atoms with Crippen molar-refractivity contribution in [2.24, 2.45) is 0 Å². The van der Waals surface area contributed by atoms with Crippen LogP contribution in [-0.4, -0.2) is 55.0 Å². The summed E-state index contributed by atoms with van der Waals surface area (Å²) < 4.78 is 0. The summed E-state index contributed by atoms with van der Waals surface area (Å²) in [4.78, 5) is 16.8. The number of carbonyl (C=O) groups is 1. The lowest BCUT2D eigenvalue weighted by Crippen LogP contribution is -2.36. The van der Waals surface area contributed by atoms with Gasteiger partial charge in [-0.2, -0.15) is 0 Å². The number of rotatable bonds is 7. The van der Waals surface area contributed by atoms with Crippen molar-refractivity contribution in [3.05, 3.63) is 28.8 Å². The Kier molecular flexibility index (Phi) is 6.88. The third-order valence-corrected chi connectivity index (χ3v) is 4.97. The van der Waals surface area contributed by atoms with E-state index in [1.807, 2.05) is 32.2 Å². The highest BCUT2D eigenvalue weighted by molar-refractivity contribution is 6.31. The van der Waals surface area contributed by atoms with Crippen LogP contribution in [0, 0.1) is 6.92 Å². The first kappa shape index (κ1) is 18.2. The Morgan fingerprint density at radius 2 is 2.09 bits per heavy atom. The van der Waals surface area contributed by atoms with Crippen LogP contribution in [0.2, 0.25) is 5.02 Å². The van der Waals surface area contributed by atoms with Crippen LogP contribution in [0.25, 0.3) is 0 Å². The molecule has 128 valence electrons. The van der Waals surface area contributed by atoms with Crippen molar-refractivity contribution < 1.29 is 4.79 Å². The predicted molar refractivity (Wildman–Crippen MR) is 97.2 cm³/mol. The summed E-state index contributed by atoms with van der Waals surface area (Å²) >= 11 is 6.00. The van der Waals surface area contributed by atoms with E-state index in [-0.39, 0.29) is 5.91 Å². The van der Waals surface area contributed by atoms with E-state index in [0.29, 0.717) is 12.6 Å². The maximum Gasteiger partial charge on any atom is 0.238 e. The molecule has 1 aromatic rings. The fourth-order valence-electron chi connectivity index (χ4n) is 3.02. The Hall–Kier alpha value is -1.10. The molecule has 1 unspecified atom stereocenters. The molecular formula is C18H28ClN3O. The molecule has 0 saturated carbocycles. The summed E-state index contributed by atoms with van der Waals surface area (Å²) in [6.07, 6.45) is 3.75. The lowest BCUT2D eigenvalue weighted by Gasteiger charge is -2.26. The average Bonchev–Trinajstić information content (AvgIpc) is 3.03. The molecule has 0 spiro atoms. The van der Waals surface area contributed by atoms with Gasteiger partial charge in [-0.25, -0.2) is 0 Å². The molecule has 1 aromatic carbocycles. The zero-order valence-corrected chi connectivity index (χ0v) is 15.2. The predicted octanol–water partition coefficient (Wildman–Crippen LogP) is 3.39. The van der Waals surface area contributed by atoms with Crippen LogP contribution in [-0.2, 0) is 4.79 Å². The number of anilines is 1. The van der Waals surface area contributed by atoms with E-state index < -0.39 is 0 Å². The van der Waals surface area contributed by atoms with Gasteiger partial charge in [-0.3, -0.25) is 9.69 Å². The quantitative estimate of drug-likeness (QED) is 0.828. The Balaban J connectivity index is 1.72. The molecule has 0 aromatic heterocycles. The van der Waals surface area contributed by atoms with Crippen LogP contribution in [0.4, 0.5) is 5.69 Å². The van der Waals surface area contributed by atoms with Crippen LogP contribution in [0.3, 0.4) is 0 Å². The van der Waals surface area contributed by atoms with E-state index in [1.165, 1.54) is 25.9 Å². The Bertz CT molecular complexity index is 529. The SMILES string of the molecule is Cc1cc(NC(=O)CN(C)CCC(C)N2CCCC2)ccc1Cl. The van der Waals surface area contributed by atoms with Crippen LogP contribution in [0.15, 0.2) is 18.2 Å². The second kappa shape index (κ2) is 8.67. The molecule has 1 N–H and O–H groups in total. The molecule has 1 fully saturated rings. The van der Waals surface area contributed by atoms with E-state index in [2.05, 4.69) is 22.0 Å². The maximum absolute atomic E-state index is 12.1. The molecule has 1 amide bonds. The normalized spacial score (nSPS) is 16.7. The van der Waals surface area contributed by atoms with E-state index in [1.54, 1.807) is 0 Å². The van der Waals surface area contributed by atoms with Crippen LogP contribution in [0.1, 0.15) is 31.7 Å². The van der Waals surface area contributed by atoms with Gasteiger partial charge in [0.25, 0.3) is 0 Å². The highest BCUT2D eigenvalue weighted by atomic mass is 35.5. The van der Waals surface area contributed by atoms with Crippen molar-refractivity contribution in [3.63, 3.8) is 0 Å². The van der Waals surface area contributed by atoms with Crippen LogP contribution < -0.4 is 5.32 Å². The van der Waals surface area contributed by atoms with Crippen molar-refractivity contribution in [2.45, 2.75) is 39.2 Å². The number of hydrogen-bond donors (Lipinski definition) is 1. The molecule has 5 heteroatoms. The number of carbonyl (C=O) groups excluding carboxylic acids is 1. The van der Waals surface area contributed by atoms with E-state index in [0.717, 1.165) is 29.2 Å². The van der Waals surface area contributed by atoms with Gasteiger partial charge >= 0.3 is 0 Å². The lowest BCUT2D eigenvalue weighted by molar-refractivity contribution is -0.117. The maximum atomic E-state index is 12.1. The average molecular weight is 338 g/mol. The topological polar surface area (TPSA) is 35.6 Å². The molecule has 0 radical (unpaired) electrons. The smallest absolute Gasteiger partial charge is 0.238 e. The molecule has 0 aliphatic carbocycles. The Labute approximate surface area is 144 Å². The lowest BCUT2D eigenvalue weighted by atomic mass is 10.2. The zero-order chi connectivity index (χ0) is 16.8. The number of aryl methyl sites for hydroxylation is 1. The van der Waals surface area contributed by atoms with Gasteiger partial charge in [0.2, 0.25) is 5.91 Å². The highest BCUT2D eigenvalue weighted by Gasteiger charge is 2.18. The number of likely N-dealkylation sites (tertiary alicyclic amines) is 1. The molecule has 23 heavy (non-hydrogen) atoms. The number of hydrogen-bond acceptors (Lipinski definition) is 3. The Morgan fingerprint density at radius 1 is 1.39 bits per heavy atom. The van der Waals surface area contributed by atoms with Gasteiger partial charge in [0.15, 0.2) is 0 Å². The van der Waals surface area contributed by atoms with Crippen LogP contribution in [0.5, 0.6) is 0 Å². The number of benzene rings is 1. The van der Waals surface area contributed by atoms with Gasteiger partial charge in [0.05, 0.1) is 6.54 Å². The third-order valence-electron chi connectivity index (χ3n) is 4.55. The van der Waals surface area contributed by atoms with Crippen molar-refractivity contribution in [2.75, 3.05) is 38.5 Å². The second-order valence-corrected chi connectivity index (χ2v) is 7.04. The minimum atomic E-state index is 0.0167. The summed E-state index contributed by atoms with van der Waals surface area (Å²) in [5.74, 6) is 0.0167. The van der Waals surface area contributed by atoms with Crippen molar-refractivity contribution in [1.82, 2.24) is 9.80 Å².